The van der Waals surface area contributed by atoms with Crippen molar-refractivity contribution in [1.82, 2.24) is 9.97 Å². The van der Waals surface area contributed by atoms with Gasteiger partial charge in [-0.1, -0.05) is 15.9 Å². The van der Waals surface area contributed by atoms with E-state index in [-0.39, 0.29) is 17.3 Å². The van der Waals surface area contributed by atoms with Gasteiger partial charge in [-0.3, -0.25) is 4.79 Å². The zero-order chi connectivity index (χ0) is 13.3. The summed E-state index contributed by atoms with van der Waals surface area (Å²) in [4.78, 5) is 20.5. The van der Waals surface area contributed by atoms with E-state index in [1.54, 1.807) is 0 Å². The predicted molar refractivity (Wildman–Crippen MR) is 77.5 cm³/mol. The van der Waals surface area contributed by atoms with Gasteiger partial charge in [0.15, 0.2) is 5.82 Å². The van der Waals surface area contributed by atoms with Crippen LogP contribution in [0.4, 0.5) is 5.82 Å². The van der Waals surface area contributed by atoms with E-state index in [1.165, 1.54) is 6.33 Å². The summed E-state index contributed by atoms with van der Waals surface area (Å²) in [6, 6.07) is 0. The van der Waals surface area contributed by atoms with E-state index in [4.69, 9.17) is 4.74 Å². The van der Waals surface area contributed by atoms with Crippen LogP contribution < -0.4 is 10.5 Å². The van der Waals surface area contributed by atoms with Gasteiger partial charge in [0.05, 0.1) is 18.0 Å². The van der Waals surface area contributed by atoms with Crippen LogP contribution in [0.2, 0.25) is 0 Å². The number of H-pyrrole nitrogens is 1. The van der Waals surface area contributed by atoms with Gasteiger partial charge in [0.1, 0.15) is 4.47 Å². The minimum atomic E-state index is -0.263. The first-order valence-electron chi connectivity index (χ1n) is 5.65. The highest BCUT2D eigenvalue weighted by Gasteiger charge is 2.34. The summed E-state index contributed by atoms with van der Waals surface area (Å²) in [7, 11) is 0. The van der Waals surface area contributed by atoms with Gasteiger partial charge in [-0.2, -0.15) is 0 Å². The lowest BCUT2D eigenvalue weighted by atomic mass is 10.1. The van der Waals surface area contributed by atoms with Crippen molar-refractivity contribution < 1.29 is 4.74 Å². The van der Waals surface area contributed by atoms with E-state index >= 15 is 0 Å². The highest BCUT2D eigenvalue weighted by atomic mass is 79.9. The summed E-state index contributed by atoms with van der Waals surface area (Å²) in [5.41, 5.74) is -0.430. The lowest BCUT2D eigenvalue weighted by molar-refractivity contribution is -0.0726. The van der Waals surface area contributed by atoms with E-state index in [9.17, 15) is 4.79 Å². The molecule has 1 unspecified atom stereocenters. The smallest absolute Gasteiger partial charge is 0.267 e. The molecule has 18 heavy (non-hydrogen) atoms. The molecule has 0 saturated carbocycles. The van der Waals surface area contributed by atoms with E-state index in [2.05, 4.69) is 46.7 Å². The molecule has 2 heterocycles. The molecule has 5 nitrogen and oxygen atoms in total. The standard InChI is InChI=1S/C11H15Br2N3O2/c1-11(2)5-16(4-7(3-12)18-11)9-8(13)10(17)15-6-14-9/h6-7H,3-5H2,1-2H3,(H,14,15,17). The van der Waals surface area contributed by atoms with E-state index in [0.29, 0.717) is 23.4 Å². The van der Waals surface area contributed by atoms with Gasteiger partial charge in [0, 0.05) is 18.4 Å². The average Bonchev–Trinajstić information content (AvgIpc) is 2.30. The maximum absolute atomic E-state index is 11.6. The molecular weight excluding hydrogens is 366 g/mol. The molecule has 1 N–H and O–H groups in total. The summed E-state index contributed by atoms with van der Waals surface area (Å²) in [6.45, 7) is 5.49. The number of rotatable bonds is 2. The van der Waals surface area contributed by atoms with Crippen molar-refractivity contribution >= 4 is 37.7 Å². The Hall–Kier alpha value is -0.400. The Morgan fingerprint density at radius 3 is 3.06 bits per heavy atom. The second-order valence-corrected chi connectivity index (χ2v) is 6.34. The second-order valence-electron chi connectivity index (χ2n) is 4.90. The van der Waals surface area contributed by atoms with Crippen LogP contribution in [0.15, 0.2) is 15.6 Å². The average molecular weight is 381 g/mol. The number of hydrogen-bond acceptors (Lipinski definition) is 4. The highest BCUT2D eigenvalue weighted by molar-refractivity contribution is 9.10. The van der Waals surface area contributed by atoms with Crippen molar-refractivity contribution in [2.45, 2.75) is 25.6 Å². The fraction of sp³-hybridized carbons (Fsp3) is 0.636. The van der Waals surface area contributed by atoms with Crippen LogP contribution >= 0.6 is 31.9 Å². The van der Waals surface area contributed by atoms with Gasteiger partial charge in [0.2, 0.25) is 0 Å². The van der Waals surface area contributed by atoms with Crippen molar-refractivity contribution in [3.63, 3.8) is 0 Å². The molecule has 0 spiro atoms. The van der Waals surface area contributed by atoms with Gasteiger partial charge >= 0.3 is 0 Å². The zero-order valence-electron chi connectivity index (χ0n) is 10.2. The highest BCUT2D eigenvalue weighted by Crippen LogP contribution is 2.28. The molecule has 1 atom stereocenters. The molecule has 0 bridgehead atoms. The molecule has 1 aliphatic rings. The fourth-order valence-electron chi connectivity index (χ4n) is 2.13. The SMILES string of the molecule is CC1(C)CN(c2nc[nH]c(=O)c2Br)CC(CBr)O1. The van der Waals surface area contributed by atoms with Crippen molar-refractivity contribution in [3.8, 4) is 0 Å². The molecule has 1 saturated heterocycles. The van der Waals surface area contributed by atoms with Crippen molar-refractivity contribution in [1.29, 1.82) is 0 Å². The molecule has 0 amide bonds. The molecule has 1 aromatic heterocycles. The normalized spacial score (nSPS) is 23.1. The molecule has 0 radical (unpaired) electrons. The number of aromatic amines is 1. The molecule has 1 fully saturated rings. The van der Waals surface area contributed by atoms with Crippen molar-refractivity contribution in [3.05, 3.63) is 21.2 Å². The molecule has 0 aromatic carbocycles. The van der Waals surface area contributed by atoms with E-state index < -0.39 is 0 Å². The number of hydrogen-bond donors (Lipinski definition) is 1. The summed E-state index contributed by atoms with van der Waals surface area (Å²) >= 11 is 6.74. The molecule has 1 aromatic rings. The summed E-state index contributed by atoms with van der Waals surface area (Å²) in [6.07, 6.45) is 1.51. The van der Waals surface area contributed by atoms with Crippen LogP contribution in [0.3, 0.4) is 0 Å². The van der Waals surface area contributed by atoms with Gasteiger partial charge in [-0.05, 0) is 29.8 Å². The lowest BCUT2D eigenvalue weighted by Gasteiger charge is -2.43. The molecule has 0 aliphatic carbocycles. The van der Waals surface area contributed by atoms with Crippen LogP contribution in [-0.4, -0.2) is 40.1 Å². The van der Waals surface area contributed by atoms with Gasteiger partial charge in [0.25, 0.3) is 5.56 Å². The molecule has 100 valence electrons. The topological polar surface area (TPSA) is 58.2 Å². The lowest BCUT2D eigenvalue weighted by Crippen LogP contribution is -2.54. The minimum Gasteiger partial charge on any atom is -0.368 e. The first-order chi connectivity index (χ1) is 8.43. The summed E-state index contributed by atoms with van der Waals surface area (Å²) in [5, 5.41) is 0.758. The van der Waals surface area contributed by atoms with Crippen LogP contribution in [0.25, 0.3) is 0 Å². The molecule has 1 aliphatic heterocycles. The Bertz CT molecular complexity index is 489. The van der Waals surface area contributed by atoms with Gasteiger partial charge in [-0.15, -0.1) is 0 Å². The number of nitrogens with zero attached hydrogens (tertiary/aromatic N) is 2. The third kappa shape index (κ3) is 2.95. The van der Waals surface area contributed by atoms with Crippen LogP contribution in [0.5, 0.6) is 0 Å². The maximum atomic E-state index is 11.6. The summed E-state index contributed by atoms with van der Waals surface area (Å²) < 4.78 is 6.40. The largest absolute Gasteiger partial charge is 0.368 e. The number of ether oxygens (including phenoxy) is 1. The maximum Gasteiger partial charge on any atom is 0.267 e. The number of anilines is 1. The second kappa shape index (κ2) is 5.30. The number of halogens is 2. The molecule has 7 heteroatoms. The van der Waals surface area contributed by atoms with Gasteiger partial charge in [-0.25, -0.2) is 4.98 Å². The molecular formula is C11H15Br2N3O2. The van der Waals surface area contributed by atoms with Crippen molar-refractivity contribution in [2.75, 3.05) is 23.3 Å². The van der Waals surface area contributed by atoms with Crippen LogP contribution in [0.1, 0.15) is 13.8 Å². The predicted octanol–water partition coefficient (Wildman–Crippen LogP) is 1.91. The monoisotopic (exact) mass is 379 g/mol. The van der Waals surface area contributed by atoms with Gasteiger partial charge < -0.3 is 14.6 Å². The number of alkyl halides is 1. The zero-order valence-corrected chi connectivity index (χ0v) is 13.4. The first kappa shape index (κ1) is 14.0. The third-order valence-electron chi connectivity index (χ3n) is 2.73. The first-order valence-corrected chi connectivity index (χ1v) is 7.56. The minimum absolute atomic E-state index is 0.0849. The quantitative estimate of drug-likeness (QED) is 0.796. The van der Waals surface area contributed by atoms with Crippen LogP contribution in [-0.2, 0) is 4.74 Å². The van der Waals surface area contributed by atoms with E-state index in [0.717, 1.165) is 5.33 Å². The number of nitrogens with one attached hydrogen (secondary N) is 1. The molecule has 2 rings (SSSR count). The Morgan fingerprint density at radius 2 is 2.39 bits per heavy atom. The van der Waals surface area contributed by atoms with E-state index in [1.807, 2.05) is 13.8 Å². The number of morpholine rings is 1. The Labute approximate surface area is 122 Å². The Morgan fingerprint density at radius 1 is 1.67 bits per heavy atom. The third-order valence-corrected chi connectivity index (χ3v) is 4.17. The Balaban J connectivity index is 2.32. The van der Waals surface area contributed by atoms with Crippen molar-refractivity contribution in [2.24, 2.45) is 0 Å². The Kier molecular flexibility index (Phi) is 4.13. The van der Waals surface area contributed by atoms with Crippen LogP contribution in [0, 0.1) is 0 Å². The number of aromatic nitrogens is 2. The summed E-state index contributed by atoms with van der Waals surface area (Å²) in [5.74, 6) is 0.668. The fourth-order valence-corrected chi connectivity index (χ4v) is 2.94.